The Bertz CT molecular complexity index is 599. The Morgan fingerprint density at radius 2 is 2.17 bits per heavy atom. The number of thioether (sulfide) groups is 1. The maximum Gasteiger partial charge on any atom is 0.290 e. The smallest absolute Gasteiger partial charge is 0.290 e. The molecular formula is C11H6BrNO4S. The molecule has 2 aliphatic heterocycles. The van der Waals surface area contributed by atoms with Crippen LogP contribution in [0.5, 0.6) is 11.5 Å². The van der Waals surface area contributed by atoms with E-state index in [0.717, 1.165) is 21.8 Å². The van der Waals surface area contributed by atoms with Crippen LogP contribution in [0, 0.1) is 0 Å². The standard InChI is InChI=1S/C11H6BrNO4S/c12-6-1-5(2-7-9(6)17-4-16-7)3-8-10(14)13-11(15)18-8/h1-3H,4H2,(H,13,14,15)/b8-3-. The number of benzene rings is 1. The van der Waals surface area contributed by atoms with E-state index in [4.69, 9.17) is 9.47 Å². The molecule has 0 aromatic heterocycles. The van der Waals surface area contributed by atoms with Crippen molar-refractivity contribution in [1.82, 2.24) is 5.32 Å². The summed E-state index contributed by atoms with van der Waals surface area (Å²) < 4.78 is 11.3. The predicted molar refractivity (Wildman–Crippen MR) is 69.4 cm³/mol. The molecule has 2 heterocycles. The minimum absolute atomic E-state index is 0.182. The molecular weight excluding hydrogens is 322 g/mol. The van der Waals surface area contributed by atoms with Gasteiger partial charge in [-0.2, -0.15) is 0 Å². The van der Waals surface area contributed by atoms with Crippen LogP contribution in [0.2, 0.25) is 0 Å². The van der Waals surface area contributed by atoms with Crippen LogP contribution in [0.1, 0.15) is 5.56 Å². The molecule has 1 saturated heterocycles. The zero-order chi connectivity index (χ0) is 12.7. The zero-order valence-corrected chi connectivity index (χ0v) is 11.3. The van der Waals surface area contributed by atoms with E-state index in [1.807, 2.05) is 0 Å². The lowest BCUT2D eigenvalue weighted by Gasteiger charge is -2.01. The SMILES string of the molecule is O=C1NC(=O)/C(=C/c2cc(Br)c3c(c2)OCO3)S1. The molecule has 7 heteroatoms. The molecule has 2 aliphatic rings. The molecule has 1 fully saturated rings. The lowest BCUT2D eigenvalue weighted by atomic mass is 10.2. The Balaban J connectivity index is 1.99. The molecule has 0 radical (unpaired) electrons. The van der Waals surface area contributed by atoms with Crippen molar-refractivity contribution in [3.05, 3.63) is 27.1 Å². The number of halogens is 1. The average molecular weight is 328 g/mol. The summed E-state index contributed by atoms with van der Waals surface area (Å²) in [6.45, 7) is 0.182. The number of carbonyl (C=O) groups is 2. The van der Waals surface area contributed by atoms with E-state index in [2.05, 4.69) is 21.2 Å². The fraction of sp³-hybridized carbons (Fsp3) is 0.0909. The summed E-state index contributed by atoms with van der Waals surface area (Å²) in [4.78, 5) is 22.8. The van der Waals surface area contributed by atoms with Crippen LogP contribution in [0.15, 0.2) is 21.5 Å². The number of hydrogen-bond acceptors (Lipinski definition) is 5. The highest BCUT2D eigenvalue weighted by Gasteiger charge is 2.25. The molecule has 1 N–H and O–H groups in total. The van der Waals surface area contributed by atoms with Gasteiger partial charge in [-0.3, -0.25) is 14.9 Å². The Morgan fingerprint density at radius 1 is 1.33 bits per heavy atom. The maximum absolute atomic E-state index is 11.4. The highest BCUT2D eigenvalue weighted by molar-refractivity contribution is 9.10. The third-order valence-electron chi connectivity index (χ3n) is 2.39. The van der Waals surface area contributed by atoms with Gasteiger partial charge in [0, 0.05) is 0 Å². The lowest BCUT2D eigenvalue weighted by molar-refractivity contribution is -0.115. The predicted octanol–water partition coefficient (Wildman–Crippen LogP) is 2.50. The van der Waals surface area contributed by atoms with Crippen molar-refractivity contribution in [3.8, 4) is 11.5 Å². The fourth-order valence-electron chi connectivity index (χ4n) is 1.64. The normalized spacial score (nSPS) is 19.5. The molecule has 0 unspecified atom stereocenters. The van der Waals surface area contributed by atoms with Crippen LogP contribution < -0.4 is 14.8 Å². The molecule has 18 heavy (non-hydrogen) atoms. The molecule has 0 atom stereocenters. The van der Waals surface area contributed by atoms with Gasteiger partial charge < -0.3 is 9.47 Å². The zero-order valence-electron chi connectivity index (χ0n) is 8.86. The van der Waals surface area contributed by atoms with Crippen molar-refractivity contribution in [3.63, 3.8) is 0 Å². The van der Waals surface area contributed by atoms with Crippen molar-refractivity contribution in [1.29, 1.82) is 0 Å². The molecule has 0 spiro atoms. The second kappa shape index (κ2) is 4.33. The molecule has 1 aromatic rings. The summed E-state index contributed by atoms with van der Waals surface area (Å²) in [6, 6.07) is 3.56. The molecule has 0 bridgehead atoms. The highest BCUT2D eigenvalue weighted by Crippen LogP contribution is 2.40. The van der Waals surface area contributed by atoms with Gasteiger partial charge in [0.05, 0.1) is 9.38 Å². The Hall–Kier alpha value is -1.47. The van der Waals surface area contributed by atoms with Crippen LogP contribution in [-0.2, 0) is 4.79 Å². The maximum atomic E-state index is 11.4. The van der Waals surface area contributed by atoms with E-state index in [0.29, 0.717) is 16.4 Å². The monoisotopic (exact) mass is 327 g/mol. The summed E-state index contributed by atoms with van der Waals surface area (Å²) in [7, 11) is 0. The van der Waals surface area contributed by atoms with Gasteiger partial charge in [-0.05, 0) is 51.5 Å². The quantitative estimate of drug-likeness (QED) is 0.803. The Morgan fingerprint density at radius 3 is 2.89 bits per heavy atom. The number of ether oxygens (including phenoxy) is 2. The van der Waals surface area contributed by atoms with Crippen LogP contribution >= 0.6 is 27.7 Å². The van der Waals surface area contributed by atoms with Gasteiger partial charge in [0.15, 0.2) is 11.5 Å². The molecule has 5 nitrogen and oxygen atoms in total. The number of imide groups is 1. The van der Waals surface area contributed by atoms with Gasteiger partial charge >= 0.3 is 0 Å². The second-order valence-electron chi connectivity index (χ2n) is 3.59. The number of carbonyl (C=O) groups excluding carboxylic acids is 2. The number of rotatable bonds is 1. The first-order valence-electron chi connectivity index (χ1n) is 4.97. The molecule has 3 rings (SSSR count). The van der Waals surface area contributed by atoms with E-state index < -0.39 is 0 Å². The van der Waals surface area contributed by atoms with Crippen LogP contribution in [0.25, 0.3) is 6.08 Å². The van der Waals surface area contributed by atoms with Gasteiger partial charge in [0.2, 0.25) is 6.79 Å². The molecule has 0 saturated carbocycles. The van der Waals surface area contributed by atoms with Gasteiger partial charge in [0.25, 0.3) is 11.1 Å². The minimum atomic E-state index is -0.376. The van der Waals surface area contributed by atoms with Crippen molar-refractivity contribution >= 4 is 44.9 Å². The number of amides is 2. The molecule has 1 aromatic carbocycles. The number of nitrogens with one attached hydrogen (secondary N) is 1. The summed E-state index contributed by atoms with van der Waals surface area (Å²) in [6.07, 6.45) is 1.64. The van der Waals surface area contributed by atoms with Gasteiger partial charge in [-0.1, -0.05) is 0 Å². The Kier molecular flexibility index (Phi) is 2.79. The van der Waals surface area contributed by atoms with Gasteiger partial charge in [-0.25, -0.2) is 0 Å². The van der Waals surface area contributed by atoms with Crippen LogP contribution in [-0.4, -0.2) is 17.9 Å². The van der Waals surface area contributed by atoms with E-state index in [1.54, 1.807) is 18.2 Å². The molecule has 92 valence electrons. The largest absolute Gasteiger partial charge is 0.454 e. The topological polar surface area (TPSA) is 64.6 Å². The number of fused-ring (bicyclic) bond motifs is 1. The van der Waals surface area contributed by atoms with Crippen molar-refractivity contribution in [2.75, 3.05) is 6.79 Å². The highest BCUT2D eigenvalue weighted by atomic mass is 79.9. The first-order chi connectivity index (χ1) is 8.63. The fourth-order valence-corrected chi connectivity index (χ4v) is 2.90. The Labute approximate surface area is 115 Å². The van der Waals surface area contributed by atoms with E-state index in [1.165, 1.54) is 0 Å². The van der Waals surface area contributed by atoms with E-state index >= 15 is 0 Å². The summed E-state index contributed by atoms with van der Waals surface area (Å²) in [5.74, 6) is 0.890. The third-order valence-corrected chi connectivity index (χ3v) is 3.79. The molecule has 2 amide bonds. The number of hydrogen-bond donors (Lipinski definition) is 1. The van der Waals surface area contributed by atoms with Crippen molar-refractivity contribution in [2.24, 2.45) is 0 Å². The van der Waals surface area contributed by atoms with E-state index in [9.17, 15) is 9.59 Å². The average Bonchev–Trinajstić information content (AvgIpc) is 2.86. The third kappa shape index (κ3) is 1.99. The first-order valence-corrected chi connectivity index (χ1v) is 6.58. The summed E-state index contributed by atoms with van der Waals surface area (Å²) >= 11 is 4.25. The first kappa shape index (κ1) is 11.6. The van der Waals surface area contributed by atoms with E-state index in [-0.39, 0.29) is 17.9 Å². The summed E-state index contributed by atoms with van der Waals surface area (Å²) in [5.41, 5.74) is 0.762. The molecule has 0 aliphatic carbocycles. The van der Waals surface area contributed by atoms with Crippen LogP contribution in [0.3, 0.4) is 0 Å². The lowest BCUT2D eigenvalue weighted by Crippen LogP contribution is -2.17. The van der Waals surface area contributed by atoms with Crippen LogP contribution in [0.4, 0.5) is 4.79 Å². The minimum Gasteiger partial charge on any atom is -0.454 e. The van der Waals surface area contributed by atoms with Crippen molar-refractivity contribution in [2.45, 2.75) is 0 Å². The van der Waals surface area contributed by atoms with Gasteiger partial charge in [-0.15, -0.1) is 0 Å². The second-order valence-corrected chi connectivity index (χ2v) is 5.46. The van der Waals surface area contributed by atoms with Gasteiger partial charge in [0.1, 0.15) is 0 Å². The summed E-state index contributed by atoms with van der Waals surface area (Å²) in [5, 5.41) is 1.85. The van der Waals surface area contributed by atoms with Crippen molar-refractivity contribution < 1.29 is 19.1 Å².